The Labute approximate surface area is 174 Å². The summed E-state index contributed by atoms with van der Waals surface area (Å²) in [6, 6.07) is 1.70. The van der Waals surface area contributed by atoms with Gasteiger partial charge in [0.2, 0.25) is 0 Å². The molecule has 2 fully saturated rings. The molecule has 0 unspecified atom stereocenters. The highest BCUT2D eigenvalue weighted by atomic mass is 35.5. The lowest BCUT2D eigenvalue weighted by molar-refractivity contribution is 0.226. The number of halogens is 1. The Kier molecular flexibility index (Phi) is 6.47. The third-order valence-electron chi connectivity index (χ3n) is 5.61. The molecule has 1 aliphatic heterocycles. The van der Waals surface area contributed by atoms with E-state index in [4.69, 9.17) is 28.3 Å². The number of nitrogens with zero attached hydrogens (tertiary/aromatic N) is 5. The highest BCUT2D eigenvalue weighted by Gasteiger charge is 2.37. The molecule has 1 aliphatic carbocycles. The monoisotopic (exact) mass is 417 g/mol. The summed E-state index contributed by atoms with van der Waals surface area (Å²) in [5, 5.41) is 7.65. The van der Waals surface area contributed by atoms with Gasteiger partial charge in [-0.25, -0.2) is 20.2 Å². The summed E-state index contributed by atoms with van der Waals surface area (Å²) in [5.74, 6) is 1.52. The Bertz CT molecular complexity index is 824. The van der Waals surface area contributed by atoms with Gasteiger partial charge < -0.3 is 16.4 Å². The first-order valence-corrected chi connectivity index (χ1v) is 10.5. The molecule has 148 valence electrons. The summed E-state index contributed by atoms with van der Waals surface area (Å²) < 4.78 is 0. The third kappa shape index (κ3) is 4.42. The Balaban J connectivity index is 0.00000109. The van der Waals surface area contributed by atoms with E-state index in [9.17, 15) is 0 Å². The maximum absolute atomic E-state index is 6.50. The maximum Gasteiger partial charge on any atom is 0.147 e. The number of hydrogen-bond donors (Lipinski definition) is 2. The Hall–Kier alpha value is -2.24. The van der Waals surface area contributed by atoms with Crippen LogP contribution in [0.4, 0.5) is 17.5 Å². The number of nitriles is 1. The Morgan fingerprint density at radius 2 is 1.75 bits per heavy atom. The fraction of sp³-hybridized carbons (Fsp3) is 0.474. The molecule has 3 heterocycles. The van der Waals surface area contributed by atoms with Gasteiger partial charge in [-0.2, -0.15) is 0 Å². The molecular formula is C19H24ClN7S. The number of nitrogens with two attached hydrogens (primary N) is 2. The van der Waals surface area contributed by atoms with Crippen molar-refractivity contribution < 1.29 is 0 Å². The van der Waals surface area contributed by atoms with Crippen LogP contribution in [-0.2, 0) is 0 Å². The predicted molar refractivity (Wildman–Crippen MR) is 113 cm³/mol. The van der Waals surface area contributed by atoms with E-state index in [1.165, 1.54) is 50.3 Å². The van der Waals surface area contributed by atoms with Gasteiger partial charge in [0.1, 0.15) is 22.5 Å². The number of anilines is 3. The second kappa shape index (κ2) is 8.84. The highest BCUT2D eigenvalue weighted by Crippen LogP contribution is 2.46. The summed E-state index contributed by atoms with van der Waals surface area (Å²) in [7, 11) is 0. The fourth-order valence-electron chi connectivity index (χ4n) is 4.09. The van der Waals surface area contributed by atoms with E-state index in [2.05, 4.69) is 26.4 Å². The molecule has 0 atom stereocenters. The molecule has 28 heavy (non-hydrogen) atoms. The Morgan fingerprint density at radius 1 is 1.07 bits per heavy atom. The minimum atomic E-state index is 0.230. The van der Waals surface area contributed by atoms with Gasteiger partial charge in [-0.3, -0.25) is 0 Å². The summed E-state index contributed by atoms with van der Waals surface area (Å²) in [6.45, 7) is 5.65. The van der Waals surface area contributed by atoms with Crippen LogP contribution in [0.25, 0.3) is 0 Å². The zero-order chi connectivity index (χ0) is 20.1. The summed E-state index contributed by atoms with van der Waals surface area (Å²) in [6.07, 6.45) is 11.8. The standard InChI is InChI=1S/C18H23ClN6S.CHN/c19-16-12(9-13(20)24-17(16)21)26-15-11-22-14(10-23-15)25-7-5-18(6-8-25)3-1-2-4-18;1-2/h9-11H,1-8H2,(H4,20,21,24);1H. The van der Waals surface area contributed by atoms with E-state index in [1.807, 2.05) is 6.20 Å². The zero-order valence-electron chi connectivity index (χ0n) is 15.6. The minimum Gasteiger partial charge on any atom is -0.384 e. The van der Waals surface area contributed by atoms with Crippen molar-refractivity contribution in [2.45, 2.75) is 48.4 Å². The molecular weight excluding hydrogens is 394 g/mol. The maximum atomic E-state index is 6.50. The van der Waals surface area contributed by atoms with Crippen molar-refractivity contribution in [2.75, 3.05) is 29.5 Å². The normalized spacial score (nSPS) is 17.9. The van der Waals surface area contributed by atoms with Crippen molar-refractivity contribution in [1.29, 1.82) is 5.26 Å². The molecule has 2 aromatic heterocycles. The Morgan fingerprint density at radius 3 is 2.36 bits per heavy atom. The number of aromatic nitrogens is 3. The first-order chi connectivity index (χ1) is 13.5. The number of rotatable bonds is 3. The number of piperidine rings is 1. The highest BCUT2D eigenvalue weighted by molar-refractivity contribution is 7.99. The van der Waals surface area contributed by atoms with Gasteiger partial charge >= 0.3 is 0 Å². The lowest BCUT2D eigenvalue weighted by Crippen LogP contribution is -2.39. The number of pyridine rings is 1. The average molecular weight is 418 g/mol. The van der Waals surface area contributed by atoms with Crippen LogP contribution in [0, 0.1) is 17.2 Å². The van der Waals surface area contributed by atoms with Crippen LogP contribution in [0.1, 0.15) is 38.5 Å². The summed E-state index contributed by atoms with van der Waals surface area (Å²) in [5.41, 5.74) is 12.1. The number of nitrogen functional groups attached to an aromatic ring is 2. The van der Waals surface area contributed by atoms with Crippen molar-refractivity contribution in [3.63, 3.8) is 0 Å². The molecule has 0 bridgehead atoms. The second-order valence-electron chi connectivity index (χ2n) is 7.25. The van der Waals surface area contributed by atoms with E-state index in [-0.39, 0.29) is 5.82 Å². The molecule has 1 spiro atoms. The molecule has 0 amide bonds. The summed E-state index contributed by atoms with van der Waals surface area (Å²) in [4.78, 5) is 16.2. The van der Waals surface area contributed by atoms with E-state index in [0.717, 1.165) is 28.8 Å². The van der Waals surface area contributed by atoms with E-state index >= 15 is 0 Å². The molecule has 2 aromatic rings. The van der Waals surface area contributed by atoms with Crippen LogP contribution in [0.3, 0.4) is 0 Å². The van der Waals surface area contributed by atoms with Gasteiger partial charge in [-0.05, 0) is 37.2 Å². The third-order valence-corrected chi connectivity index (χ3v) is 7.08. The van der Waals surface area contributed by atoms with Crippen molar-refractivity contribution in [3.8, 4) is 6.57 Å². The van der Waals surface area contributed by atoms with Crippen LogP contribution in [-0.4, -0.2) is 28.0 Å². The van der Waals surface area contributed by atoms with Crippen molar-refractivity contribution in [3.05, 3.63) is 23.5 Å². The molecule has 4 rings (SSSR count). The topological polar surface area (TPSA) is 118 Å². The van der Waals surface area contributed by atoms with E-state index < -0.39 is 0 Å². The molecule has 2 aliphatic rings. The van der Waals surface area contributed by atoms with E-state index in [1.54, 1.807) is 12.3 Å². The zero-order valence-corrected chi connectivity index (χ0v) is 17.2. The quantitative estimate of drug-likeness (QED) is 0.764. The van der Waals surface area contributed by atoms with Crippen LogP contribution in [0.5, 0.6) is 0 Å². The van der Waals surface area contributed by atoms with Gasteiger partial charge in [0.15, 0.2) is 0 Å². The fourth-order valence-corrected chi connectivity index (χ4v) is 5.11. The SMILES string of the molecule is C#N.Nc1cc(Sc2cnc(N3CCC4(CCCC4)CC3)cn2)c(Cl)c(N)n1. The summed E-state index contributed by atoms with van der Waals surface area (Å²) >= 11 is 7.60. The van der Waals surface area contributed by atoms with Gasteiger partial charge in [0.05, 0.1) is 17.4 Å². The van der Waals surface area contributed by atoms with Crippen LogP contribution >= 0.6 is 23.4 Å². The molecule has 1 saturated heterocycles. The molecule has 1 saturated carbocycles. The van der Waals surface area contributed by atoms with Gasteiger partial charge in [-0.15, -0.1) is 0 Å². The van der Waals surface area contributed by atoms with Crippen molar-refractivity contribution in [2.24, 2.45) is 5.41 Å². The van der Waals surface area contributed by atoms with Crippen LogP contribution in [0.2, 0.25) is 5.02 Å². The van der Waals surface area contributed by atoms with Crippen molar-refractivity contribution >= 4 is 40.8 Å². The predicted octanol–water partition coefficient (Wildman–Crippen LogP) is 4.14. The molecule has 4 N–H and O–H groups in total. The molecule has 0 radical (unpaired) electrons. The van der Waals surface area contributed by atoms with Gasteiger partial charge in [-0.1, -0.05) is 36.2 Å². The van der Waals surface area contributed by atoms with Crippen LogP contribution in [0.15, 0.2) is 28.4 Å². The lowest BCUT2D eigenvalue weighted by Gasteiger charge is -2.39. The first kappa shape index (κ1) is 20.5. The number of hydrogen-bond acceptors (Lipinski definition) is 8. The van der Waals surface area contributed by atoms with E-state index in [0.29, 0.717) is 16.3 Å². The van der Waals surface area contributed by atoms with Crippen LogP contribution < -0.4 is 16.4 Å². The van der Waals surface area contributed by atoms with Gasteiger partial charge in [0.25, 0.3) is 0 Å². The smallest absolute Gasteiger partial charge is 0.147 e. The van der Waals surface area contributed by atoms with Crippen molar-refractivity contribution in [1.82, 2.24) is 15.0 Å². The second-order valence-corrected chi connectivity index (χ2v) is 8.69. The molecule has 0 aromatic carbocycles. The van der Waals surface area contributed by atoms with Gasteiger partial charge in [0, 0.05) is 24.6 Å². The lowest BCUT2D eigenvalue weighted by atomic mass is 9.77. The minimum absolute atomic E-state index is 0.230. The molecule has 7 nitrogen and oxygen atoms in total. The largest absolute Gasteiger partial charge is 0.384 e. The molecule has 9 heteroatoms. The average Bonchev–Trinajstić information content (AvgIpc) is 3.16. The first-order valence-electron chi connectivity index (χ1n) is 9.27.